The van der Waals surface area contributed by atoms with Gasteiger partial charge < -0.3 is 14.8 Å². The Labute approximate surface area is 108 Å². The molecule has 1 unspecified atom stereocenters. The van der Waals surface area contributed by atoms with Gasteiger partial charge in [-0.25, -0.2) is 0 Å². The minimum Gasteiger partial charge on any atom is -0.379 e. The van der Waals surface area contributed by atoms with Crippen molar-refractivity contribution in [1.82, 2.24) is 5.32 Å². The van der Waals surface area contributed by atoms with E-state index < -0.39 is 0 Å². The molecule has 3 heteroatoms. The van der Waals surface area contributed by atoms with Gasteiger partial charge in [0.15, 0.2) is 0 Å². The van der Waals surface area contributed by atoms with Crippen LogP contribution in [0.4, 0.5) is 0 Å². The third-order valence-electron chi connectivity index (χ3n) is 4.11. The van der Waals surface area contributed by atoms with Crippen LogP contribution in [0.2, 0.25) is 0 Å². The van der Waals surface area contributed by atoms with Crippen LogP contribution in [0, 0.1) is 6.92 Å². The molecule has 0 spiro atoms. The molecule has 2 heterocycles. The first-order chi connectivity index (χ1) is 8.80. The summed E-state index contributed by atoms with van der Waals surface area (Å²) in [5.41, 5.74) is 3.02. The monoisotopic (exact) mass is 247 g/mol. The van der Waals surface area contributed by atoms with Crippen LogP contribution in [0.5, 0.6) is 0 Å². The smallest absolute Gasteiger partial charge is 0.0620 e. The molecule has 0 amide bonds. The molecule has 0 saturated carbocycles. The van der Waals surface area contributed by atoms with Crippen molar-refractivity contribution in [2.75, 3.05) is 33.0 Å². The van der Waals surface area contributed by atoms with Gasteiger partial charge in [0, 0.05) is 18.0 Å². The number of morpholine rings is 1. The van der Waals surface area contributed by atoms with Crippen LogP contribution in [-0.2, 0) is 14.9 Å². The Kier molecular flexibility index (Phi) is 3.37. The normalized spacial score (nSPS) is 26.6. The molecule has 0 bridgehead atoms. The Morgan fingerprint density at radius 2 is 2.11 bits per heavy atom. The van der Waals surface area contributed by atoms with E-state index >= 15 is 0 Å². The maximum absolute atomic E-state index is 5.56. The molecule has 1 N–H and O–H groups in total. The van der Waals surface area contributed by atoms with Crippen LogP contribution in [-0.4, -0.2) is 39.0 Å². The van der Waals surface area contributed by atoms with Crippen molar-refractivity contribution >= 4 is 0 Å². The minimum absolute atomic E-state index is 0.198. The van der Waals surface area contributed by atoms with Gasteiger partial charge in [-0.2, -0.15) is 0 Å². The molecule has 3 rings (SSSR count). The molecule has 18 heavy (non-hydrogen) atoms. The number of nitrogens with one attached hydrogen (secondary N) is 1. The summed E-state index contributed by atoms with van der Waals surface area (Å²) in [6, 6.07) is 9.14. The van der Waals surface area contributed by atoms with Crippen LogP contribution in [0.25, 0.3) is 0 Å². The van der Waals surface area contributed by atoms with Crippen molar-refractivity contribution in [2.24, 2.45) is 0 Å². The van der Waals surface area contributed by atoms with E-state index in [9.17, 15) is 0 Å². The fourth-order valence-corrected chi connectivity index (χ4v) is 3.12. The van der Waals surface area contributed by atoms with E-state index in [1.54, 1.807) is 0 Å². The highest BCUT2D eigenvalue weighted by atomic mass is 16.5. The lowest BCUT2D eigenvalue weighted by atomic mass is 9.72. The highest BCUT2D eigenvalue weighted by molar-refractivity contribution is 5.35. The third kappa shape index (κ3) is 2.18. The Morgan fingerprint density at radius 3 is 2.72 bits per heavy atom. The lowest BCUT2D eigenvalue weighted by Gasteiger charge is -2.45. The lowest BCUT2D eigenvalue weighted by Crippen LogP contribution is -2.54. The lowest BCUT2D eigenvalue weighted by molar-refractivity contribution is -0.0756. The Hall–Kier alpha value is -0.900. The quantitative estimate of drug-likeness (QED) is 0.881. The van der Waals surface area contributed by atoms with Gasteiger partial charge in [0.1, 0.15) is 0 Å². The number of rotatable bonds is 3. The van der Waals surface area contributed by atoms with E-state index in [0.717, 1.165) is 39.4 Å². The highest BCUT2D eigenvalue weighted by Crippen LogP contribution is 2.38. The molecule has 0 radical (unpaired) electrons. The summed E-state index contributed by atoms with van der Waals surface area (Å²) < 4.78 is 11.1. The Bertz CT molecular complexity index is 409. The van der Waals surface area contributed by atoms with Crippen LogP contribution in [0.3, 0.4) is 0 Å². The molecule has 0 aliphatic carbocycles. The Balaban J connectivity index is 1.79. The molecule has 2 aliphatic heterocycles. The predicted molar refractivity (Wildman–Crippen MR) is 70.9 cm³/mol. The molecule has 2 fully saturated rings. The van der Waals surface area contributed by atoms with E-state index in [4.69, 9.17) is 9.47 Å². The molecular formula is C15H21NO2. The summed E-state index contributed by atoms with van der Waals surface area (Å²) in [6.07, 6.45) is 1.11. The van der Waals surface area contributed by atoms with Crippen LogP contribution in [0.1, 0.15) is 17.5 Å². The number of benzene rings is 1. The van der Waals surface area contributed by atoms with Gasteiger partial charge in [-0.3, -0.25) is 0 Å². The maximum atomic E-state index is 5.56. The molecule has 1 aromatic rings. The average Bonchev–Trinajstić information content (AvgIpc) is 2.36. The molecule has 1 aromatic carbocycles. The Morgan fingerprint density at radius 1 is 1.28 bits per heavy atom. The zero-order valence-corrected chi connectivity index (χ0v) is 10.9. The van der Waals surface area contributed by atoms with Gasteiger partial charge in [-0.1, -0.05) is 24.3 Å². The van der Waals surface area contributed by atoms with Crippen LogP contribution >= 0.6 is 0 Å². The fraction of sp³-hybridized carbons (Fsp3) is 0.600. The van der Waals surface area contributed by atoms with Crippen molar-refractivity contribution < 1.29 is 9.47 Å². The first kappa shape index (κ1) is 12.2. The topological polar surface area (TPSA) is 30.5 Å². The summed E-state index contributed by atoms with van der Waals surface area (Å²) >= 11 is 0. The molecule has 2 saturated heterocycles. The van der Waals surface area contributed by atoms with E-state index in [2.05, 4.69) is 36.5 Å². The van der Waals surface area contributed by atoms with E-state index in [-0.39, 0.29) is 5.41 Å². The number of hydrogen-bond donors (Lipinski definition) is 1. The van der Waals surface area contributed by atoms with Gasteiger partial charge in [0.2, 0.25) is 0 Å². The van der Waals surface area contributed by atoms with Crippen molar-refractivity contribution in [3.8, 4) is 0 Å². The van der Waals surface area contributed by atoms with Gasteiger partial charge in [0.05, 0.1) is 26.4 Å². The molecule has 0 aromatic heterocycles. The first-order valence-electron chi connectivity index (χ1n) is 6.75. The van der Waals surface area contributed by atoms with E-state index in [1.165, 1.54) is 11.1 Å². The fourth-order valence-electron chi connectivity index (χ4n) is 3.12. The van der Waals surface area contributed by atoms with E-state index in [1.807, 2.05) is 0 Å². The van der Waals surface area contributed by atoms with Crippen molar-refractivity contribution in [3.05, 3.63) is 35.4 Å². The maximum Gasteiger partial charge on any atom is 0.0620 e. The largest absolute Gasteiger partial charge is 0.379 e. The molecule has 1 atom stereocenters. The summed E-state index contributed by atoms with van der Waals surface area (Å²) in [6.45, 7) is 6.51. The molecule has 98 valence electrons. The van der Waals surface area contributed by atoms with Gasteiger partial charge in [-0.05, 0) is 24.5 Å². The van der Waals surface area contributed by atoms with Gasteiger partial charge in [0.25, 0.3) is 0 Å². The van der Waals surface area contributed by atoms with Crippen LogP contribution < -0.4 is 5.32 Å². The summed E-state index contributed by atoms with van der Waals surface area (Å²) in [4.78, 5) is 0. The van der Waals surface area contributed by atoms with Crippen molar-refractivity contribution in [1.29, 1.82) is 0 Å². The zero-order valence-electron chi connectivity index (χ0n) is 10.9. The molecule has 3 nitrogen and oxygen atoms in total. The number of ether oxygens (including phenoxy) is 2. The van der Waals surface area contributed by atoms with E-state index in [0.29, 0.717) is 6.04 Å². The van der Waals surface area contributed by atoms with Crippen molar-refractivity contribution in [3.63, 3.8) is 0 Å². The predicted octanol–water partition coefficient (Wildman–Crippen LogP) is 1.64. The second-order valence-electron chi connectivity index (χ2n) is 5.52. The highest BCUT2D eigenvalue weighted by Gasteiger charge is 2.43. The van der Waals surface area contributed by atoms with Gasteiger partial charge >= 0.3 is 0 Å². The first-order valence-corrected chi connectivity index (χ1v) is 6.75. The number of aryl methyl sites for hydroxylation is 1. The molecular weight excluding hydrogens is 226 g/mol. The second kappa shape index (κ2) is 5.00. The average molecular weight is 247 g/mol. The van der Waals surface area contributed by atoms with Crippen LogP contribution in [0.15, 0.2) is 24.3 Å². The second-order valence-corrected chi connectivity index (χ2v) is 5.52. The standard InChI is InChI=1S/C15H21NO2/c1-12-4-2-3-5-14(12)15(10-18-11-15)8-13-9-17-7-6-16-13/h2-5,13,16H,6-11H2,1H3. The SMILES string of the molecule is Cc1ccccc1C1(CC2COCCN2)COC1. The zero-order chi connectivity index (χ0) is 12.4. The summed E-state index contributed by atoms with van der Waals surface area (Å²) in [5, 5.41) is 3.55. The summed E-state index contributed by atoms with van der Waals surface area (Å²) in [5.74, 6) is 0. The van der Waals surface area contributed by atoms with Crippen molar-refractivity contribution in [2.45, 2.75) is 24.8 Å². The summed E-state index contributed by atoms with van der Waals surface area (Å²) in [7, 11) is 0. The minimum atomic E-state index is 0.198. The van der Waals surface area contributed by atoms with Gasteiger partial charge in [-0.15, -0.1) is 0 Å². The third-order valence-corrected chi connectivity index (χ3v) is 4.11. The molecule has 2 aliphatic rings. The number of hydrogen-bond acceptors (Lipinski definition) is 3.